The number of amides is 2. The van der Waals surface area contributed by atoms with Crippen molar-refractivity contribution in [3.8, 4) is 11.1 Å². The molecule has 0 aliphatic carbocycles. The van der Waals surface area contributed by atoms with Crippen molar-refractivity contribution in [3.05, 3.63) is 96.1 Å². The number of nitrogens with one attached hydrogen (secondary N) is 2. The minimum absolute atomic E-state index is 0.115. The second-order valence-corrected chi connectivity index (χ2v) is 8.57. The van der Waals surface area contributed by atoms with Crippen molar-refractivity contribution >= 4 is 11.8 Å². The SMILES string of the molecule is CC(C)CCC(=O)NC(C(=O)N[C@@H](C)c1ccccc1)c1cccc(-c2ccccc2)c1. The van der Waals surface area contributed by atoms with Gasteiger partial charge in [-0.2, -0.15) is 0 Å². The molecule has 0 aliphatic heterocycles. The molecule has 2 amide bonds. The zero-order valence-electron chi connectivity index (χ0n) is 19.0. The molecule has 3 aromatic carbocycles. The van der Waals surface area contributed by atoms with Gasteiger partial charge in [-0.05, 0) is 47.6 Å². The molecule has 2 N–H and O–H groups in total. The van der Waals surface area contributed by atoms with Crippen LogP contribution < -0.4 is 10.6 Å². The van der Waals surface area contributed by atoms with Gasteiger partial charge in [-0.1, -0.05) is 92.7 Å². The zero-order valence-corrected chi connectivity index (χ0v) is 19.0. The van der Waals surface area contributed by atoms with Gasteiger partial charge in [0.25, 0.3) is 0 Å². The fraction of sp³-hybridized carbons (Fsp3) is 0.286. The van der Waals surface area contributed by atoms with Crippen LogP contribution >= 0.6 is 0 Å². The van der Waals surface area contributed by atoms with E-state index in [0.29, 0.717) is 12.3 Å². The fourth-order valence-electron chi connectivity index (χ4n) is 3.60. The summed E-state index contributed by atoms with van der Waals surface area (Å²) in [6.45, 7) is 6.12. The first kappa shape index (κ1) is 23.3. The summed E-state index contributed by atoms with van der Waals surface area (Å²) in [6, 6.07) is 26.7. The third-order valence-corrected chi connectivity index (χ3v) is 5.50. The van der Waals surface area contributed by atoms with E-state index in [1.54, 1.807) is 0 Å². The Kier molecular flexibility index (Phi) is 8.20. The molecule has 3 aromatic rings. The predicted molar refractivity (Wildman–Crippen MR) is 130 cm³/mol. The van der Waals surface area contributed by atoms with Crippen molar-refractivity contribution in [1.29, 1.82) is 0 Å². The summed E-state index contributed by atoms with van der Waals surface area (Å²) in [5, 5.41) is 6.04. The van der Waals surface area contributed by atoms with E-state index in [9.17, 15) is 9.59 Å². The van der Waals surface area contributed by atoms with Gasteiger partial charge in [0.15, 0.2) is 0 Å². The Balaban J connectivity index is 1.85. The van der Waals surface area contributed by atoms with Gasteiger partial charge in [-0.15, -0.1) is 0 Å². The highest BCUT2D eigenvalue weighted by molar-refractivity contribution is 5.89. The number of rotatable bonds is 9. The Bertz CT molecular complexity index is 1020. The highest BCUT2D eigenvalue weighted by Crippen LogP contribution is 2.24. The molecule has 0 aliphatic rings. The van der Waals surface area contributed by atoms with E-state index in [4.69, 9.17) is 0 Å². The van der Waals surface area contributed by atoms with Gasteiger partial charge < -0.3 is 10.6 Å². The Hall–Kier alpha value is -3.40. The molecule has 0 saturated carbocycles. The molecule has 1 unspecified atom stereocenters. The minimum atomic E-state index is -0.760. The zero-order chi connectivity index (χ0) is 22.9. The van der Waals surface area contributed by atoms with Gasteiger partial charge in [-0.3, -0.25) is 9.59 Å². The lowest BCUT2D eigenvalue weighted by atomic mass is 9.98. The highest BCUT2D eigenvalue weighted by Gasteiger charge is 2.24. The molecular weight excluding hydrogens is 396 g/mol. The van der Waals surface area contributed by atoms with Crippen LogP contribution in [-0.2, 0) is 9.59 Å². The largest absolute Gasteiger partial charge is 0.347 e. The van der Waals surface area contributed by atoms with Crippen LogP contribution in [0.25, 0.3) is 11.1 Å². The van der Waals surface area contributed by atoms with Crippen molar-refractivity contribution in [2.24, 2.45) is 5.92 Å². The van der Waals surface area contributed by atoms with Gasteiger partial charge in [0.1, 0.15) is 6.04 Å². The fourth-order valence-corrected chi connectivity index (χ4v) is 3.60. The predicted octanol–water partition coefficient (Wildman–Crippen LogP) is 5.82. The van der Waals surface area contributed by atoms with Crippen molar-refractivity contribution in [2.45, 2.75) is 45.7 Å². The minimum Gasteiger partial charge on any atom is -0.347 e. The first-order valence-electron chi connectivity index (χ1n) is 11.2. The standard InChI is InChI=1S/C28H32N2O2/c1-20(2)17-18-26(31)30-27(28(32)29-21(3)22-11-6-4-7-12-22)25-16-10-15-24(19-25)23-13-8-5-9-14-23/h4-16,19-21,27H,17-18H2,1-3H3,(H,29,32)(H,30,31)/t21-,27?/m0/s1. The second-order valence-electron chi connectivity index (χ2n) is 8.57. The van der Waals surface area contributed by atoms with Crippen LogP contribution in [0.15, 0.2) is 84.9 Å². The number of hydrogen-bond donors (Lipinski definition) is 2. The van der Waals surface area contributed by atoms with E-state index in [1.807, 2.05) is 91.9 Å². The first-order chi connectivity index (χ1) is 15.4. The average molecular weight is 429 g/mol. The first-order valence-corrected chi connectivity index (χ1v) is 11.2. The second kappa shape index (κ2) is 11.3. The van der Waals surface area contributed by atoms with Crippen LogP contribution in [0.4, 0.5) is 0 Å². The summed E-state index contributed by atoms with van der Waals surface area (Å²) >= 11 is 0. The molecule has 4 heteroatoms. The van der Waals surface area contributed by atoms with Crippen LogP contribution in [0.1, 0.15) is 56.8 Å². The molecule has 0 fully saturated rings. The summed E-state index contributed by atoms with van der Waals surface area (Å²) in [5.41, 5.74) is 3.86. The maximum absolute atomic E-state index is 13.3. The smallest absolute Gasteiger partial charge is 0.247 e. The van der Waals surface area contributed by atoms with E-state index in [-0.39, 0.29) is 17.9 Å². The lowest BCUT2D eigenvalue weighted by molar-refractivity contribution is -0.129. The van der Waals surface area contributed by atoms with Gasteiger partial charge in [0.2, 0.25) is 11.8 Å². The molecule has 0 bridgehead atoms. The monoisotopic (exact) mass is 428 g/mol. The van der Waals surface area contributed by atoms with Crippen molar-refractivity contribution in [3.63, 3.8) is 0 Å². The molecular formula is C28H32N2O2. The Labute approximate surface area is 191 Å². The molecule has 3 rings (SSSR count). The van der Waals surface area contributed by atoms with Crippen LogP contribution in [0.5, 0.6) is 0 Å². The van der Waals surface area contributed by atoms with Crippen molar-refractivity contribution in [1.82, 2.24) is 10.6 Å². The molecule has 32 heavy (non-hydrogen) atoms. The molecule has 0 heterocycles. The van der Waals surface area contributed by atoms with Gasteiger partial charge in [0.05, 0.1) is 6.04 Å². The Morgan fingerprint density at radius 3 is 1.97 bits per heavy atom. The van der Waals surface area contributed by atoms with Crippen LogP contribution in [0.3, 0.4) is 0 Å². The van der Waals surface area contributed by atoms with E-state index >= 15 is 0 Å². The lowest BCUT2D eigenvalue weighted by Gasteiger charge is -2.23. The molecule has 166 valence electrons. The topological polar surface area (TPSA) is 58.2 Å². The van der Waals surface area contributed by atoms with Crippen LogP contribution in [0, 0.1) is 5.92 Å². The number of carbonyl (C=O) groups excluding carboxylic acids is 2. The maximum atomic E-state index is 13.3. The van der Waals surface area contributed by atoms with E-state index in [1.165, 1.54) is 0 Å². The Morgan fingerprint density at radius 1 is 0.719 bits per heavy atom. The highest BCUT2D eigenvalue weighted by atomic mass is 16.2. The van der Waals surface area contributed by atoms with Gasteiger partial charge in [0, 0.05) is 6.42 Å². The average Bonchev–Trinajstić information content (AvgIpc) is 2.82. The summed E-state index contributed by atoms with van der Waals surface area (Å²) in [6.07, 6.45) is 1.18. The van der Waals surface area contributed by atoms with Gasteiger partial charge in [-0.25, -0.2) is 0 Å². The lowest BCUT2D eigenvalue weighted by Crippen LogP contribution is -2.41. The number of carbonyl (C=O) groups is 2. The van der Waals surface area contributed by atoms with Crippen LogP contribution in [0.2, 0.25) is 0 Å². The van der Waals surface area contributed by atoms with E-state index in [2.05, 4.69) is 24.5 Å². The maximum Gasteiger partial charge on any atom is 0.247 e. The molecule has 0 radical (unpaired) electrons. The number of benzene rings is 3. The molecule has 0 spiro atoms. The summed E-state index contributed by atoms with van der Waals surface area (Å²) in [7, 11) is 0. The molecule has 0 saturated heterocycles. The third kappa shape index (κ3) is 6.55. The van der Waals surface area contributed by atoms with E-state index < -0.39 is 6.04 Å². The Morgan fingerprint density at radius 2 is 1.31 bits per heavy atom. The summed E-state index contributed by atoms with van der Waals surface area (Å²) in [4.78, 5) is 26.0. The van der Waals surface area contributed by atoms with Crippen molar-refractivity contribution in [2.75, 3.05) is 0 Å². The summed E-state index contributed by atoms with van der Waals surface area (Å²) < 4.78 is 0. The number of hydrogen-bond acceptors (Lipinski definition) is 2. The molecule has 0 aromatic heterocycles. The van der Waals surface area contributed by atoms with Gasteiger partial charge >= 0.3 is 0 Å². The van der Waals surface area contributed by atoms with E-state index in [0.717, 1.165) is 28.7 Å². The van der Waals surface area contributed by atoms with Crippen LogP contribution in [-0.4, -0.2) is 11.8 Å². The normalized spacial score (nSPS) is 12.8. The summed E-state index contributed by atoms with van der Waals surface area (Å²) in [5.74, 6) is 0.0910. The molecule has 2 atom stereocenters. The molecule has 4 nitrogen and oxygen atoms in total. The van der Waals surface area contributed by atoms with Crippen molar-refractivity contribution < 1.29 is 9.59 Å². The third-order valence-electron chi connectivity index (χ3n) is 5.50. The quantitative estimate of drug-likeness (QED) is 0.451.